The van der Waals surface area contributed by atoms with Gasteiger partial charge in [0.1, 0.15) is 11.6 Å². The van der Waals surface area contributed by atoms with E-state index in [2.05, 4.69) is 10.3 Å². The van der Waals surface area contributed by atoms with Crippen molar-refractivity contribution in [1.29, 1.82) is 0 Å². The lowest BCUT2D eigenvalue weighted by atomic mass is 10.2. The molecule has 0 aliphatic rings. The fourth-order valence-electron chi connectivity index (χ4n) is 1.61. The second kappa shape index (κ2) is 5.36. The van der Waals surface area contributed by atoms with Gasteiger partial charge in [-0.05, 0) is 12.1 Å². The van der Waals surface area contributed by atoms with Crippen molar-refractivity contribution in [3.63, 3.8) is 0 Å². The van der Waals surface area contributed by atoms with Gasteiger partial charge in [0.15, 0.2) is 0 Å². The largest absolute Gasteiger partial charge is 0.417 e. The molecule has 1 aromatic heterocycles. The molecule has 0 spiro atoms. The lowest BCUT2D eigenvalue weighted by Gasteiger charge is -2.11. The number of nitrogen functional groups attached to an aromatic ring is 1. The van der Waals surface area contributed by atoms with E-state index in [4.69, 9.17) is 5.73 Å². The number of aromatic nitrogens is 1. The number of hydrogen-bond acceptors (Lipinski definition) is 3. The van der Waals surface area contributed by atoms with E-state index in [9.17, 15) is 17.6 Å². The topological polar surface area (TPSA) is 50.9 Å². The third-order valence-electron chi connectivity index (χ3n) is 2.65. The predicted molar refractivity (Wildman–Crippen MR) is 67.4 cm³/mol. The van der Waals surface area contributed by atoms with Crippen molar-refractivity contribution in [3.05, 3.63) is 53.5 Å². The first kappa shape index (κ1) is 14.1. The third kappa shape index (κ3) is 3.17. The van der Waals surface area contributed by atoms with Crippen LogP contribution in [0.3, 0.4) is 0 Å². The molecule has 0 saturated heterocycles. The Kier molecular flexibility index (Phi) is 3.78. The molecule has 0 atom stereocenters. The highest BCUT2D eigenvalue weighted by Gasteiger charge is 2.31. The normalized spacial score (nSPS) is 11.4. The van der Waals surface area contributed by atoms with Crippen LogP contribution in [0.15, 0.2) is 36.5 Å². The van der Waals surface area contributed by atoms with E-state index < -0.39 is 17.6 Å². The Morgan fingerprint density at radius 3 is 2.50 bits per heavy atom. The van der Waals surface area contributed by atoms with Crippen molar-refractivity contribution in [1.82, 2.24) is 4.98 Å². The van der Waals surface area contributed by atoms with E-state index in [1.807, 2.05) is 0 Å². The van der Waals surface area contributed by atoms with Gasteiger partial charge in [-0.15, -0.1) is 0 Å². The number of benzene rings is 1. The molecule has 0 radical (unpaired) electrons. The number of hydrogen-bond donors (Lipinski definition) is 2. The monoisotopic (exact) mass is 285 g/mol. The zero-order chi connectivity index (χ0) is 14.8. The number of anilines is 2. The maximum Gasteiger partial charge on any atom is 0.417 e. The SMILES string of the molecule is Nc1cc(C(F)(F)F)cnc1NCc1ccccc1F. The number of nitrogens with two attached hydrogens (primary N) is 1. The molecular formula is C13H11F4N3. The average Bonchev–Trinajstić information content (AvgIpc) is 2.38. The van der Waals surface area contributed by atoms with Gasteiger partial charge in [0.2, 0.25) is 0 Å². The molecule has 0 bridgehead atoms. The summed E-state index contributed by atoms with van der Waals surface area (Å²) in [5.74, 6) is -0.327. The summed E-state index contributed by atoms with van der Waals surface area (Å²) in [7, 11) is 0. The molecule has 0 fully saturated rings. The van der Waals surface area contributed by atoms with E-state index in [0.29, 0.717) is 11.8 Å². The first-order valence-corrected chi connectivity index (χ1v) is 5.68. The Morgan fingerprint density at radius 2 is 1.90 bits per heavy atom. The summed E-state index contributed by atoms with van der Waals surface area (Å²) in [6.07, 6.45) is -3.81. The van der Waals surface area contributed by atoms with E-state index in [0.717, 1.165) is 6.07 Å². The standard InChI is InChI=1S/C13H11F4N3/c14-10-4-2-1-3-8(10)6-19-12-11(18)5-9(7-20-12)13(15,16)17/h1-5,7H,6,18H2,(H,19,20). The minimum Gasteiger partial charge on any atom is -0.396 e. The smallest absolute Gasteiger partial charge is 0.396 e. The second-order valence-electron chi connectivity index (χ2n) is 4.10. The summed E-state index contributed by atoms with van der Waals surface area (Å²) in [6, 6.07) is 6.84. The molecule has 3 N–H and O–H groups in total. The van der Waals surface area contributed by atoms with E-state index in [-0.39, 0.29) is 18.1 Å². The van der Waals surface area contributed by atoms with Crippen molar-refractivity contribution >= 4 is 11.5 Å². The number of pyridine rings is 1. The van der Waals surface area contributed by atoms with Gasteiger partial charge in [-0.3, -0.25) is 0 Å². The highest BCUT2D eigenvalue weighted by atomic mass is 19.4. The predicted octanol–water partition coefficient (Wildman–Crippen LogP) is 3.43. The van der Waals surface area contributed by atoms with Gasteiger partial charge in [-0.1, -0.05) is 18.2 Å². The Balaban J connectivity index is 2.13. The zero-order valence-electron chi connectivity index (χ0n) is 10.2. The van der Waals surface area contributed by atoms with Crippen molar-refractivity contribution in [3.8, 4) is 0 Å². The van der Waals surface area contributed by atoms with Crippen LogP contribution in [-0.4, -0.2) is 4.98 Å². The Bertz CT molecular complexity index is 611. The lowest BCUT2D eigenvalue weighted by Crippen LogP contribution is -2.10. The number of nitrogens with one attached hydrogen (secondary N) is 1. The summed E-state index contributed by atoms with van der Waals surface area (Å²) in [5.41, 5.74) is 4.80. The van der Waals surface area contributed by atoms with Crippen LogP contribution in [-0.2, 0) is 12.7 Å². The molecule has 0 saturated carbocycles. The maximum absolute atomic E-state index is 13.4. The fraction of sp³-hybridized carbons (Fsp3) is 0.154. The van der Waals surface area contributed by atoms with Gasteiger partial charge in [-0.25, -0.2) is 9.37 Å². The quantitative estimate of drug-likeness (QED) is 0.849. The van der Waals surface area contributed by atoms with Gasteiger partial charge in [0, 0.05) is 18.3 Å². The van der Waals surface area contributed by atoms with Crippen LogP contribution in [0.1, 0.15) is 11.1 Å². The van der Waals surface area contributed by atoms with Crippen molar-refractivity contribution < 1.29 is 17.6 Å². The molecule has 1 heterocycles. The van der Waals surface area contributed by atoms with Crippen molar-refractivity contribution in [2.24, 2.45) is 0 Å². The molecule has 20 heavy (non-hydrogen) atoms. The number of nitrogens with zero attached hydrogens (tertiary/aromatic N) is 1. The van der Waals surface area contributed by atoms with Gasteiger partial charge in [0.25, 0.3) is 0 Å². The second-order valence-corrected chi connectivity index (χ2v) is 4.10. The van der Waals surface area contributed by atoms with Crippen LogP contribution in [0.4, 0.5) is 29.1 Å². The third-order valence-corrected chi connectivity index (χ3v) is 2.65. The number of halogens is 4. The van der Waals surface area contributed by atoms with Crippen molar-refractivity contribution in [2.75, 3.05) is 11.1 Å². The Hall–Kier alpha value is -2.31. The Morgan fingerprint density at radius 1 is 1.20 bits per heavy atom. The van der Waals surface area contributed by atoms with E-state index in [1.54, 1.807) is 18.2 Å². The Labute approximate surface area is 112 Å². The summed E-state index contributed by atoms with van der Waals surface area (Å²) in [4.78, 5) is 3.61. The molecule has 0 aliphatic heterocycles. The molecule has 0 amide bonds. The summed E-state index contributed by atoms with van der Waals surface area (Å²) in [5, 5.41) is 2.71. The minimum absolute atomic E-state index is 0.0786. The molecule has 7 heteroatoms. The van der Waals surface area contributed by atoms with Crippen molar-refractivity contribution in [2.45, 2.75) is 12.7 Å². The molecule has 0 aliphatic carbocycles. The molecule has 3 nitrogen and oxygen atoms in total. The highest BCUT2D eigenvalue weighted by Crippen LogP contribution is 2.31. The van der Waals surface area contributed by atoms with Crippen LogP contribution in [0.25, 0.3) is 0 Å². The number of alkyl halides is 3. The molecular weight excluding hydrogens is 274 g/mol. The van der Waals surface area contributed by atoms with Gasteiger partial charge in [0.05, 0.1) is 11.3 Å². The summed E-state index contributed by atoms with van der Waals surface area (Å²) >= 11 is 0. The highest BCUT2D eigenvalue weighted by molar-refractivity contribution is 5.62. The van der Waals surface area contributed by atoms with Crippen LogP contribution in [0, 0.1) is 5.82 Å². The lowest BCUT2D eigenvalue weighted by molar-refractivity contribution is -0.137. The fourth-order valence-corrected chi connectivity index (χ4v) is 1.61. The van der Waals surface area contributed by atoms with E-state index >= 15 is 0 Å². The van der Waals surface area contributed by atoms with Crippen LogP contribution < -0.4 is 11.1 Å². The van der Waals surface area contributed by atoms with Gasteiger partial charge in [-0.2, -0.15) is 13.2 Å². The summed E-state index contributed by atoms with van der Waals surface area (Å²) in [6.45, 7) is 0.0786. The molecule has 0 unspecified atom stereocenters. The maximum atomic E-state index is 13.4. The zero-order valence-corrected chi connectivity index (χ0v) is 10.2. The molecule has 2 rings (SSSR count). The molecule has 106 valence electrons. The van der Waals surface area contributed by atoms with Gasteiger partial charge < -0.3 is 11.1 Å². The van der Waals surface area contributed by atoms with Crippen LogP contribution in [0.2, 0.25) is 0 Å². The molecule has 2 aromatic rings. The van der Waals surface area contributed by atoms with Crippen LogP contribution in [0.5, 0.6) is 0 Å². The summed E-state index contributed by atoms with van der Waals surface area (Å²) < 4.78 is 50.7. The number of rotatable bonds is 3. The average molecular weight is 285 g/mol. The van der Waals surface area contributed by atoms with Gasteiger partial charge >= 0.3 is 6.18 Å². The first-order valence-electron chi connectivity index (χ1n) is 5.68. The van der Waals surface area contributed by atoms with E-state index in [1.165, 1.54) is 6.07 Å². The molecule has 1 aromatic carbocycles. The van der Waals surface area contributed by atoms with Crippen LogP contribution >= 0.6 is 0 Å². The first-order chi connectivity index (χ1) is 9.38. The minimum atomic E-state index is -4.49.